The summed E-state index contributed by atoms with van der Waals surface area (Å²) in [5.41, 5.74) is -0.230. The first-order valence-electron chi connectivity index (χ1n) is 9.04. The molecular formula is C19H30N2O4. The van der Waals surface area contributed by atoms with Gasteiger partial charge in [-0.2, -0.15) is 0 Å². The summed E-state index contributed by atoms with van der Waals surface area (Å²) in [4.78, 5) is 24.7. The first-order valence-corrected chi connectivity index (χ1v) is 9.04. The number of amides is 2. The standard InChI is InChI=1S/C19H30N2O4/c1-14-9-12-24-15(14)16(22)20-13-19(10-7-5-6-8-11-19)21-17(23)25-18(2,3)4/h9,12H,5-8,10-11,13H2,1-4H3,(H,20,22)(H,21,23). The van der Waals surface area contributed by atoms with E-state index in [4.69, 9.17) is 9.15 Å². The van der Waals surface area contributed by atoms with Crippen LogP contribution in [0.2, 0.25) is 0 Å². The van der Waals surface area contributed by atoms with Gasteiger partial charge in [-0.25, -0.2) is 4.79 Å². The molecule has 2 rings (SSSR count). The van der Waals surface area contributed by atoms with Crippen LogP contribution in [-0.2, 0) is 4.74 Å². The third kappa shape index (κ3) is 5.80. The molecule has 0 spiro atoms. The maximum Gasteiger partial charge on any atom is 0.408 e. The van der Waals surface area contributed by atoms with Gasteiger partial charge in [0.15, 0.2) is 5.76 Å². The molecule has 0 atom stereocenters. The second kappa shape index (κ2) is 7.93. The Balaban J connectivity index is 2.05. The summed E-state index contributed by atoms with van der Waals surface area (Å²) in [7, 11) is 0. The highest BCUT2D eigenvalue weighted by Gasteiger charge is 2.35. The Kier molecular flexibility index (Phi) is 6.14. The fourth-order valence-corrected chi connectivity index (χ4v) is 3.21. The Hall–Kier alpha value is -1.98. The Morgan fingerprint density at radius 3 is 2.36 bits per heavy atom. The zero-order chi connectivity index (χ0) is 18.5. The molecule has 1 aromatic heterocycles. The van der Waals surface area contributed by atoms with Crippen LogP contribution >= 0.6 is 0 Å². The lowest BCUT2D eigenvalue weighted by Crippen LogP contribution is -2.56. The number of furan rings is 1. The lowest BCUT2D eigenvalue weighted by atomic mass is 9.90. The van der Waals surface area contributed by atoms with Gasteiger partial charge in [0.2, 0.25) is 0 Å². The van der Waals surface area contributed by atoms with Gasteiger partial charge in [-0.15, -0.1) is 0 Å². The molecule has 0 aliphatic heterocycles. The predicted molar refractivity (Wildman–Crippen MR) is 95.6 cm³/mol. The molecular weight excluding hydrogens is 320 g/mol. The Morgan fingerprint density at radius 2 is 1.84 bits per heavy atom. The second-order valence-corrected chi connectivity index (χ2v) is 7.94. The van der Waals surface area contributed by atoms with Crippen LogP contribution in [0.15, 0.2) is 16.7 Å². The first kappa shape index (κ1) is 19.3. The summed E-state index contributed by atoms with van der Waals surface area (Å²) in [6, 6.07) is 1.76. The monoisotopic (exact) mass is 350 g/mol. The van der Waals surface area contributed by atoms with E-state index >= 15 is 0 Å². The molecule has 0 bridgehead atoms. The van der Waals surface area contributed by atoms with E-state index in [0.29, 0.717) is 12.3 Å². The van der Waals surface area contributed by atoms with Crippen molar-refractivity contribution in [3.05, 3.63) is 23.7 Å². The van der Waals surface area contributed by atoms with Crippen molar-refractivity contribution in [2.24, 2.45) is 0 Å². The summed E-state index contributed by atoms with van der Waals surface area (Å²) < 4.78 is 10.7. The van der Waals surface area contributed by atoms with Crippen molar-refractivity contribution in [2.75, 3.05) is 6.54 Å². The molecule has 6 nitrogen and oxygen atoms in total. The zero-order valence-corrected chi connectivity index (χ0v) is 15.7. The van der Waals surface area contributed by atoms with Crippen molar-refractivity contribution in [1.29, 1.82) is 0 Å². The molecule has 1 aliphatic rings. The summed E-state index contributed by atoms with van der Waals surface area (Å²) in [6.45, 7) is 7.72. The second-order valence-electron chi connectivity index (χ2n) is 7.94. The van der Waals surface area contributed by atoms with E-state index in [9.17, 15) is 9.59 Å². The zero-order valence-electron chi connectivity index (χ0n) is 15.7. The van der Waals surface area contributed by atoms with Crippen LogP contribution in [0.25, 0.3) is 0 Å². The maximum atomic E-state index is 12.4. The quantitative estimate of drug-likeness (QED) is 0.806. The van der Waals surface area contributed by atoms with Crippen molar-refractivity contribution >= 4 is 12.0 Å². The number of hydrogen-bond acceptors (Lipinski definition) is 4. The van der Waals surface area contributed by atoms with Crippen LogP contribution in [0.3, 0.4) is 0 Å². The third-order valence-electron chi connectivity index (χ3n) is 4.48. The van der Waals surface area contributed by atoms with Crippen molar-refractivity contribution in [3.8, 4) is 0 Å². The van der Waals surface area contributed by atoms with Crippen LogP contribution < -0.4 is 10.6 Å². The van der Waals surface area contributed by atoms with Gasteiger partial charge in [0.05, 0.1) is 11.8 Å². The summed E-state index contributed by atoms with van der Waals surface area (Å²) in [6.07, 6.45) is 7.04. The Morgan fingerprint density at radius 1 is 1.20 bits per heavy atom. The molecule has 1 aromatic rings. The highest BCUT2D eigenvalue weighted by molar-refractivity contribution is 5.92. The summed E-state index contributed by atoms with van der Waals surface area (Å²) in [5.74, 6) is 0.0677. The van der Waals surface area contributed by atoms with Gasteiger partial charge >= 0.3 is 6.09 Å². The van der Waals surface area contributed by atoms with Gasteiger partial charge in [0.1, 0.15) is 5.60 Å². The normalized spacial score (nSPS) is 17.4. The lowest BCUT2D eigenvalue weighted by Gasteiger charge is -2.35. The number of nitrogens with one attached hydrogen (secondary N) is 2. The van der Waals surface area contributed by atoms with Gasteiger partial charge in [0, 0.05) is 12.1 Å². The van der Waals surface area contributed by atoms with E-state index in [2.05, 4.69) is 10.6 Å². The number of alkyl carbamates (subject to hydrolysis) is 1. The number of hydrogen-bond donors (Lipinski definition) is 2. The SMILES string of the molecule is Cc1ccoc1C(=O)NCC1(NC(=O)OC(C)(C)C)CCCCCC1. The van der Waals surface area contributed by atoms with Crippen LogP contribution in [0.1, 0.15) is 75.4 Å². The van der Waals surface area contributed by atoms with E-state index in [1.165, 1.54) is 6.26 Å². The van der Waals surface area contributed by atoms with Gasteiger partial charge < -0.3 is 19.8 Å². The van der Waals surface area contributed by atoms with Crippen molar-refractivity contribution in [3.63, 3.8) is 0 Å². The molecule has 0 saturated heterocycles. The molecule has 2 N–H and O–H groups in total. The average Bonchev–Trinajstić information content (AvgIpc) is 2.79. The summed E-state index contributed by atoms with van der Waals surface area (Å²) >= 11 is 0. The Labute approximate surface area is 149 Å². The minimum atomic E-state index is -0.551. The van der Waals surface area contributed by atoms with Gasteiger partial charge in [-0.3, -0.25) is 4.79 Å². The van der Waals surface area contributed by atoms with Crippen molar-refractivity contribution in [1.82, 2.24) is 10.6 Å². The van der Waals surface area contributed by atoms with Crippen LogP contribution in [0.5, 0.6) is 0 Å². The number of carbonyl (C=O) groups excluding carboxylic acids is 2. The molecule has 2 amide bonds. The lowest BCUT2D eigenvalue weighted by molar-refractivity contribution is 0.0437. The molecule has 1 aliphatic carbocycles. The van der Waals surface area contributed by atoms with Crippen LogP contribution in [-0.4, -0.2) is 29.7 Å². The largest absolute Gasteiger partial charge is 0.459 e. The maximum absolute atomic E-state index is 12.4. The van der Waals surface area contributed by atoms with Gasteiger partial charge in [0.25, 0.3) is 5.91 Å². The molecule has 1 saturated carbocycles. The minimum absolute atomic E-state index is 0.253. The fraction of sp³-hybridized carbons (Fsp3) is 0.684. The third-order valence-corrected chi connectivity index (χ3v) is 4.48. The number of ether oxygens (including phenoxy) is 1. The van der Waals surface area contributed by atoms with E-state index in [0.717, 1.165) is 44.1 Å². The topological polar surface area (TPSA) is 80.6 Å². The Bertz CT molecular complexity index is 593. The molecule has 140 valence electrons. The molecule has 6 heteroatoms. The van der Waals surface area contributed by atoms with Gasteiger partial charge in [-0.05, 0) is 46.6 Å². The first-order chi connectivity index (χ1) is 11.7. The van der Waals surface area contributed by atoms with Crippen molar-refractivity contribution < 1.29 is 18.7 Å². The highest BCUT2D eigenvalue weighted by Crippen LogP contribution is 2.27. The number of carbonyl (C=O) groups is 2. The minimum Gasteiger partial charge on any atom is -0.459 e. The summed E-state index contributed by atoms with van der Waals surface area (Å²) in [5, 5.41) is 5.97. The van der Waals surface area contributed by atoms with E-state index < -0.39 is 17.2 Å². The highest BCUT2D eigenvalue weighted by atomic mass is 16.6. The van der Waals surface area contributed by atoms with E-state index in [1.54, 1.807) is 6.07 Å². The molecule has 1 fully saturated rings. The molecule has 25 heavy (non-hydrogen) atoms. The fourth-order valence-electron chi connectivity index (χ4n) is 3.21. The smallest absolute Gasteiger partial charge is 0.408 e. The van der Waals surface area contributed by atoms with Crippen LogP contribution in [0.4, 0.5) is 4.79 Å². The number of aryl methyl sites for hydroxylation is 1. The molecule has 0 aromatic carbocycles. The molecule has 1 heterocycles. The van der Waals surface area contributed by atoms with Crippen LogP contribution in [0, 0.1) is 6.92 Å². The van der Waals surface area contributed by atoms with Crippen molar-refractivity contribution in [2.45, 2.75) is 77.4 Å². The predicted octanol–water partition coefficient (Wildman–Crippen LogP) is 3.94. The number of rotatable bonds is 4. The van der Waals surface area contributed by atoms with E-state index in [1.807, 2.05) is 27.7 Å². The molecule has 0 unspecified atom stereocenters. The van der Waals surface area contributed by atoms with Gasteiger partial charge in [-0.1, -0.05) is 25.7 Å². The van der Waals surface area contributed by atoms with E-state index in [-0.39, 0.29) is 5.91 Å². The average molecular weight is 350 g/mol. The molecule has 0 radical (unpaired) electrons.